The molecule has 1 unspecified atom stereocenters. The highest BCUT2D eigenvalue weighted by atomic mass is 32.2. The van der Waals surface area contributed by atoms with Crippen molar-refractivity contribution in [3.05, 3.63) is 54.4 Å². The molecule has 1 aliphatic carbocycles. The third kappa shape index (κ3) is 4.38. The van der Waals surface area contributed by atoms with E-state index in [1.807, 2.05) is 19.3 Å². The summed E-state index contributed by atoms with van der Waals surface area (Å²) in [5.41, 5.74) is 8.14. The zero-order valence-corrected chi connectivity index (χ0v) is 17.6. The molecule has 30 heavy (non-hydrogen) atoms. The Bertz CT molecular complexity index is 1090. The standard InChI is InChI=1S/C21H26FN5O2S/c1-23-27-19(20-18-10-11-24-21(18)26-13-25-20)15-4-2-14(3-5-15)12-30(28,29)17-8-6-16(22)7-9-17/h6-11,13-15,19,23,27H,2-5,12H2,1H3,(H,24,25,26). The number of sulfone groups is 1. The van der Waals surface area contributed by atoms with Gasteiger partial charge in [0.25, 0.3) is 0 Å². The van der Waals surface area contributed by atoms with Gasteiger partial charge in [0.1, 0.15) is 17.8 Å². The molecule has 1 aromatic carbocycles. The third-order valence-electron chi connectivity index (χ3n) is 5.97. The second-order valence-electron chi connectivity index (χ2n) is 7.89. The van der Waals surface area contributed by atoms with Gasteiger partial charge in [0, 0.05) is 11.6 Å². The number of hydrogen-bond donors (Lipinski definition) is 3. The van der Waals surface area contributed by atoms with E-state index in [1.54, 1.807) is 6.33 Å². The Morgan fingerprint density at radius 3 is 2.57 bits per heavy atom. The third-order valence-corrected chi connectivity index (χ3v) is 7.87. The van der Waals surface area contributed by atoms with Crippen molar-refractivity contribution >= 4 is 20.9 Å². The molecule has 2 aromatic heterocycles. The fourth-order valence-electron chi connectivity index (χ4n) is 4.44. The van der Waals surface area contributed by atoms with Gasteiger partial charge in [-0.2, -0.15) is 0 Å². The van der Waals surface area contributed by atoms with Crippen molar-refractivity contribution in [3.63, 3.8) is 0 Å². The lowest BCUT2D eigenvalue weighted by atomic mass is 9.78. The Morgan fingerprint density at radius 2 is 1.87 bits per heavy atom. The Hall–Kier alpha value is -2.36. The minimum atomic E-state index is -3.42. The van der Waals surface area contributed by atoms with Crippen LogP contribution in [0.1, 0.15) is 37.4 Å². The minimum Gasteiger partial charge on any atom is -0.346 e. The smallest absolute Gasteiger partial charge is 0.178 e. The quantitative estimate of drug-likeness (QED) is 0.393. The van der Waals surface area contributed by atoms with E-state index in [4.69, 9.17) is 0 Å². The molecule has 0 bridgehead atoms. The zero-order valence-electron chi connectivity index (χ0n) is 16.8. The summed E-state index contributed by atoms with van der Waals surface area (Å²) in [5, 5.41) is 0.992. The van der Waals surface area contributed by atoms with E-state index in [-0.39, 0.29) is 22.6 Å². The average molecular weight is 432 g/mol. The van der Waals surface area contributed by atoms with Gasteiger partial charge in [0.05, 0.1) is 22.4 Å². The highest BCUT2D eigenvalue weighted by molar-refractivity contribution is 7.91. The fraction of sp³-hybridized carbons (Fsp3) is 0.429. The number of nitrogens with one attached hydrogen (secondary N) is 3. The van der Waals surface area contributed by atoms with Crippen LogP contribution in [0.2, 0.25) is 0 Å². The average Bonchev–Trinajstić information content (AvgIpc) is 3.22. The van der Waals surface area contributed by atoms with E-state index in [2.05, 4.69) is 25.8 Å². The number of hydrogen-bond acceptors (Lipinski definition) is 6. The maximum atomic E-state index is 13.1. The molecule has 160 valence electrons. The second-order valence-corrected chi connectivity index (χ2v) is 9.92. The van der Waals surface area contributed by atoms with Crippen molar-refractivity contribution in [1.82, 2.24) is 25.8 Å². The van der Waals surface area contributed by atoms with Crippen LogP contribution in [0.5, 0.6) is 0 Å². The van der Waals surface area contributed by atoms with Gasteiger partial charge < -0.3 is 4.98 Å². The van der Waals surface area contributed by atoms with Crippen LogP contribution < -0.4 is 10.9 Å². The maximum absolute atomic E-state index is 13.1. The molecule has 0 amide bonds. The second kappa shape index (κ2) is 8.79. The first kappa shape index (κ1) is 20.9. The molecule has 3 N–H and O–H groups in total. The lowest BCUT2D eigenvalue weighted by Crippen LogP contribution is -2.39. The van der Waals surface area contributed by atoms with E-state index < -0.39 is 15.7 Å². The summed E-state index contributed by atoms with van der Waals surface area (Å²) < 4.78 is 38.5. The molecule has 0 aliphatic heterocycles. The van der Waals surface area contributed by atoms with Crippen LogP contribution >= 0.6 is 0 Å². The number of halogens is 1. The number of nitrogens with zero attached hydrogens (tertiary/aromatic N) is 2. The number of aromatic amines is 1. The topological polar surface area (TPSA) is 99.8 Å². The predicted molar refractivity (Wildman–Crippen MR) is 113 cm³/mol. The van der Waals surface area contributed by atoms with Gasteiger partial charge in [-0.05, 0) is 74.9 Å². The monoisotopic (exact) mass is 431 g/mol. The minimum absolute atomic E-state index is 0.00551. The van der Waals surface area contributed by atoms with Crippen LogP contribution in [-0.2, 0) is 9.84 Å². The molecule has 2 heterocycles. The van der Waals surface area contributed by atoms with Crippen LogP contribution in [0.15, 0.2) is 47.8 Å². The number of benzene rings is 1. The fourth-order valence-corrected chi connectivity index (χ4v) is 6.14. The molecule has 7 nitrogen and oxygen atoms in total. The van der Waals surface area contributed by atoms with E-state index in [0.717, 1.165) is 42.4 Å². The van der Waals surface area contributed by atoms with Crippen molar-refractivity contribution in [3.8, 4) is 0 Å². The highest BCUT2D eigenvalue weighted by Gasteiger charge is 2.32. The molecule has 0 spiro atoms. The van der Waals surface area contributed by atoms with E-state index >= 15 is 0 Å². The SMILES string of the molecule is CNNC(c1ncnc2[nH]ccc12)C1CCC(CS(=O)(=O)c2ccc(F)cc2)CC1. The normalized spacial score (nSPS) is 21.0. The van der Waals surface area contributed by atoms with E-state index in [1.165, 1.54) is 24.3 Å². The van der Waals surface area contributed by atoms with Gasteiger partial charge in [-0.1, -0.05) is 0 Å². The highest BCUT2D eigenvalue weighted by Crippen LogP contribution is 2.38. The molecule has 1 atom stereocenters. The Balaban J connectivity index is 1.45. The molecule has 0 radical (unpaired) electrons. The van der Waals surface area contributed by atoms with Gasteiger partial charge in [0.2, 0.25) is 0 Å². The summed E-state index contributed by atoms with van der Waals surface area (Å²) in [5.74, 6) is 0.101. The van der Waals surface area contributed by atoms with Gasteiger partial charge in [-0.3, -0.25) is 5.43 Å². The molecule has 4 rings (SSSR count). The molecule has 1 aliphatic rings. The first-order valence-corrected chi connectivity index (χ1v) is 11.8. The van der Waals surface area contributed by atoms with Crippen LogP contribution in [0.25, 0.3) is 11.0 Å². The molecular weight excluding hydrogens is 405 g/mol. The summed E-state index contributed by atoms with van der Waals surface area (Å²) in [4.78, 5) is 12.1. The first-order chi connectivity index (χ1) is 14.5. The van der Waals surface area contributed by atoms with Crippen LogP contribution in [0.3, 0.4) is 0 Å². The molecule has 1 fully saturated rings. The Labute approximate surface area is 175 Å². The number of fused-ring (bicyclic) bond motifs is 1. The van der Waals surface area contributed by atoms with Gasteiger partial charge in [0.15, 0.2) is 9.84 Å². The van der Waals surface area contributed by atoms with Crippen molar-refractivity contribution in [2.75, 3.05) is 12.8 Å². The molecule has 1 saturated carbocycles. The molecule has 0 saturated heterocycles. The van der Waals surface area contributed by atoms with Crippen molar-refractivity contribution < 1.29 is 12.8 Å². The lowest BCUT2D eigenvalue weighted by Gasteiger charge is -2.34. The summed E-state index contributed by atoms with van der Waals surface area (Å²) in [6.07, 6.45) is 6.89. The molecular formula is C21H26FN5O2S. The van der Waals surface area contributed by atoms with E-state index in [9.17, 15) is 12.8 Å². The van der Waals surface area contributed by atoms with Crippen molar-refractivity contribution in [2.45, 2.75) is 36.6 Å². The largest absolute Gasteiger partial charge is 0.346 e. The summed E-state index contributed by atoms with van der Waals surface area (Å²) in [6.45, 7) is 0. The molecule has 9 heteroatoms. The van der Waals surface area contributed by atoms with Gasteiger partial charge in [-0.15, -0.1) is 0 Å². The number of H-pyrrole nitrogens is 1. The van der Waals surface area contributed by atoms with Crippen LogP contribution in [0, 0.1) is 17.7 Å². The number of rotatable bonds is 7. The van der Waals surface area contributed by atoms with E-state index in [0.29, 0.717) is 5.92 Å². The van der Waals surface area contributed by atoms with Crippen molar-refractivity contribution in [1.29, 1.82) is 0 Å². The molecule has 3 aromatic rings. The summed E-state index contributed by atoms with van der Waals surface area (Å²) in [7, 11) is -1.58. The summed E-state index contributed by atoms with van der Waals surface area (Å²) >= 11 is 0. The van der Waals surface area contributed by atoms with Crippen molar-refractivity contribution in [2.24, 2.45) is 11.8 Å². The number of aromatic nitrogens is 3. The summed E-state index contributed by atoms with van der Waals surface area (Å²) in [6, 6.07) is 7.07. The Morgan fingerprint density at radius 1 is 1.13 bits per heavy atom. The number of hydrazine groups is 1. The first-order valence-electron chi connectivity index (χ1n) is 10.2. The van der Waals surface area contributed by atoms with Crippen LogP contribution in [0.4, 0.5) is 4.39 Å². The Kier molecular flexibility index (Phi) is 6.12. The van der Waals surface area contributed by atoms with Gasteiger partial charge in [-0.25, -0.2) is 28.2 Å². The zero-order chi connectivity index (χ0) is 21.1. The lowest BCUT2D eigenvalue weighted by molar-refractivity contribution is 0.220. The predicted octanol–water partition coefficient (Wildman–Crippen LogP) is 3.14. The maximum Gasteiger partial charge on any atom is 0.178 e. The van der Waals surface area contributed by atoms with Crippen LogP contribution in [-0.4, -0.2) is 36.2 Å². The van der Waals surface area contributed by atoms with Gasteiger partial charge >= 0.3 is 0 Å².